The van der Waals surface area contributed by atoms with Crippen LogP contribution in [0.2, 0.25) is 0 Å². The Labute approximate surface area is 102 Å². The van der Waals surface area contributed by atoms with Gasteiger partial charge in [0.25, 0.3) is 0 Å². The molecule has 0 spiro atoms. The summed E-state index contributed by atoms with van der Waals surface area (Å²) in [7, 11) is 1.50. The quantitative estimate of drug-likeness (QED) is 0.869. The van der Waals surface area contributed by atoms with E-state index in [1.807, 2.05) is 0 Å². The molecule has 1 aliphatic rings. The zero-order valence-corrected chi connectivity index (χ0v) is 9.71. The number of nitrogens with zero attached hydrogens (tertiary/aromatic N) is 2. The monoisotopic (exact) mass is 262 g/mol. The smallest absolute Gasteiger partial charge is 0.379 e. The van der Waals surface area contributed by atoms with Crippen LogP contribution in [0.25, 0.3) is 0 Å². The van der Waals surface area contributed by atoms with E-state index in [-0.39, 0.29) is 17.7 Å². The van der Waals surface area contributed by atoms with E-state index >= 15 is 0 Å². The lowest BCUT2D eigenvalue weighted by Crippen LogP contribution is -2.21. The van der Waals surface area contributed by atoms with Gasteiger partial charge < -0.3 is 15.4 Å². The second-order valence-corrected chi connectivity index (χ2v) is 3.91. The minimum absolute atomic E-state index is 0.00862. The van der Waals surface area contributed by atoms with E-state index in [1.54, 1.807) is 0 Å². The van der Waals surface area contributed by atoms with Crippen LogP contribution in [0.5, 0.6) is 0 Å². The second kappa shape index (κ2) is 4.97. The molecule has 1 aliphatic heterocycles. The SMILES string of the molecule is CNc1cc(NC2CCOC2)nc(C(F)(F)F)n1. The first-order chi connectivity index (χ1) is 8.49. The van der Waals surface area contributed by atoms with Gasteiger partial charge in [0.1, 0.15) is 11.6 Å². The van der Waals surface area contributed by atoms with Gasteiger partial charge in [0.05, 0.1) is 12.6 Å². The molecule has 1 aromatic heterocycles. The normalized spacial score (nSPS) is 19.9. The highest BCUT2D eigenvalue weighted by molar-refractivity contribution is 5.48. The van der Waals surface area contributed by atoms with Gasteiger partial charge in [-0.15, -0.1) is 0 Å². The molecule has 1 aromatic rings. The number of halogens is 3. The number of ether oxygens (including phenoxy) is 1. The molecule has 0 radical (unpaired) electrons. The summed E-state index contributed by atoms with van der Waals surface area (Å²) in [6.45, 7) is 1.08. The summed E-state index contributed by atoms with van der Waals surface area (Å²) in [6, 6.07) is 1.43. The Morgan fingerprint density at radius 2 is 2.06 bits per heavy atom. The molecule has 2 rings (SSSR count). The van der Waals surface area contributed by atoms with Crippen LogP contribution >= 0.6 is 0 Å². The highest BCUT2D eigenvalue weighted by Crippen LogP contribution is 2.28. The summed E-state index contributed by atoms with van der Waals surface area (Å²) in [5.41, 5.74) is 0. The zero-order valence-electron chi connectivity index (χ0n) is 9.71. The highest BCUT2D eigenvalue weighted by atomic mass is 19.4. The standard InChI is InChI=1S/C10H13F3N4O/c1-14-7-4-8(15-6-2-3-18-5-6)17-9(16-7)10(11,12)13/h4,6H,2-3,5H2,1H3,(H2,14,15,16,17). The van der Waals surface area contributed by atoms with E-state index in [2.05, 4.69) is 20.6 Å². The molecule has 2 N–H and O–H groups in total. The maximum Gasteiger partial charge on any atom is 0.451 e. The fraction of sp³-hybridized carbons (Fsp3) is 0.600. The van der Waals surface area contributed by atoms with E-state index in [1.165, 1.54) is 13.1 Å². The molecule has 0 aliphatic carbocycles. The number of alkyl halides is 3. The number of nitrogens with one attached hydrogen (secondary N) is 2. The van der Waals surface area contributed by atoms with Gasteiger partial charge in [0.15, 0.2) is 0 Å². The van der Waals surface area contributed by atoms with Crippen LogP contribution in [0.15, 0.2) is 6.07 Å². The van der Waals surface area contributed by atoms with E-state index in [4.69, 9.17) is 4.74 Å². The van der Waals surface area contributed by atoms with Crippen LogP contribution in [-0.2, 0) is 10.9 Å². The van der Waals surface area contributed by atoms with Crippen LogP contribution in [0.4, 0.5) is 24.8 Å². The first kappa shape index (κ1) is 12.9. The first-order valence-electron chi connectivity index (χ1n) is 5.47. The third-order valence-electron chi connectivity index (χ3n) is 2.52. The lowest BCUT2D eigenvalue weighted by Gasteiger charge is -2.14. The maximum absolute atomic E-state index is 12.6. The Bertz CT molecular complexity index is 418. The number of anilines is 2. The second-order valence-electron chi connectivity index (χ2n) is 3.91. The molecule has 2 heterocycles. The van der Waals surface area contributed by atoms with E-state index in [9.17, 15) is 13.2 Å². The number of aromatic nitrogens is 2. The fourth-order valence-corrected chi connectivity index (χ4v) is 1.63. The molecule has 0 saturated carbocycles. The first-order valence-corrected chi connectivity index (χ1v) is 5.47. The summed E-state index contributed by atoms with van der Waals surface area (Å²) in [5.74, 6) is -0.883. The fourth-order valence-electron chi connectivity index (χ4n) is 1.63. The highest BCUT2D eigenvalue weighted by Gasteiger charge is 2.35. The third-order valence-corrected chi connectivity index (χ3v) is 2.52. The zero-order chi connectivity index (χ0) is 13.2. The molecule has 0 amide bonds. The summed E-state index contributed by atoms with van der Waals surface area (Å²) >= 11 is 0. The molecule has 1 saturated heterocycles. The lowest BCUT2D eigenvalue weighted by molar-refractivity contribution is -0.144. The number of hydrogen-bond acceptors (Lipinski definition) is 5. The Morgan fingerprint density at radius 3 is 2.61 bits per heavy atom. The Hall–Kier alpha value is -1.57. The van der Waals surface area contributed by atoms with Crippen LogP contribution in [0, 0.1) is 0 Å². The minimum Gasteiger partial charge on any atom is -0.379 e. The molecule has 1 fully saturated rings. The van der Waals surface area contributed by atoms with Crippen molar-refractivity contribution in [1.82, 2.24) is 9.97 Å². The van der Waals surface area contributed by atoms with Crippen molar-refractivity contribution < 1.29 is 17.9 Å². The average Bonchev–Trinajstić information content (AvgIpc) is 2.80. The summed E-state index contributed by atoms with van der Waals surface area (Å²) in [5, 5.41) is 5.49. The average molecular weight is 262 g/mol. The molecule has 18 heavy (non-hydrogen) atoms. The van der Waals surface area contributed by atoms with Gasteiger partial charge in [-0.25, -0.2) is 9.97 Å². The molecule has 100 valence electrons. The summed E-state index contributed by atoms with van der Waals surface area (Å²) < 4.78 is 42.9. The van der Waals surface area contributed by atoms with Gasteiger partial charge in [-0.2, -0.15) is 13.2 Å². The topological polar surface area (TPSA) is 59.1 Å². The van der Waals surface area contributed by atoms with Crippen molar-refractivity contribution in [3.8, 4) is 0 Å². The minimum atomic E-state index is -4.56. The van der Waals surface area contributed by atoms with Gasteiger partial charge in [0, 0.05) is 19.7 Å². The molecule has 0 aromatic carbocycles. The molecule has 0 bridgehead atoms. The Kier molecular flexibility index (Phi) is 3.55. The molecular weight excluding hydrogens is 249 g/mol. The summed E-state index contributed by atoms with van der Waals surface area (Å²) in [4.78, 5) is 6.85. The van der Waals surface area contributed by atoms with Gasteiger partial charge in [-0.05, 0) is 6.42 Å². The van der Waals surface area contributed by atoms with Crippen molar-refractivity contribution in [3.05, 3.63) is 11.9 Å². The van der Waals surface area contributed by atoms with E-state index in [0.29, 0.717) is 13.2 Å². The van der Waals surface area contributed by atoms with E-state index < -0.39 is 12.0 Å². The maximum atomic E-state index is 12.6. The largest absolute Gasteiger partial charge is 0.451 e. The van der Waals surface area contributed by atoms with Crippen LogP contribution in [0.1, 0.15) is 12.2 Å². The molecule has 5 nitrogen and oxygen atoms in total. The number of hydrogen-bond donors (Lipinski definition) is 2. The van der Waals surface area contributed by atoms with Crippen LogP contribution in [-0.4, -0.2) is 36.3 Å². The van der Waals surface area contributed by atoms with E-state index in [0.717, 1.165) is 6.42 Å². The lowest BCUT2D eigenvalue weighted by atomic mass is 10.2. The van der Waals surface area contributed by atoms with Crippen LogP contribution < -0.4 is 10.6 Å². The molecular formula is C10H13F3N4O. The Morgan fingerprint density at radius 1 is 1.33 bits per heavy atom. The predicted molar refractivity (Wildman–Crippen MR) is 59.4 cm³/mol. The molecule has 1 atom stereocenters. The van der Waals surface area contributed by atoms with Crippen molar-refractivity contribution in [2.24, 2.45) is 0 Å². The predicted octanol–water partition coefficient (Wildman–Crippen LogP) is 1.74. The summed E-state index contributed by atoms with van der Waals surface area (Å²) in [6.07, 6.45) is -3.81. The number of rotatable bonds is 3. The van der Waals surface area contributed by atoms with Gasteiger partial charge in [0.2, 0.25) is 5.82 Å². The van der Waals surface area contributed by atoms with Gasteiger partial charge in [-0.1, -0.05) is 0 Å². The van der Waals surface area contributed by atoms with Gasteiger partial charge in [-0.3, -0.25) is 0 Å². The van der Waals surface area contributed by atoms with Crippen molar-refractivity contribution in [3.63, 3.8) is 0 Å². The van der Waals surface area contributed by atoms with Gasteiger partial charge >= 0.3 is 6.18 Å². The Balaban J connectivity index is 2.23. The third kappa shape index (κ3) is 3.00. The van der Waals surface area contributed by atoms with Crippen molar-refractivity contribution in [2.45, 2.75) is 18.6 Å². The van der Waals surface area contributed by atoms with Crippen molar-refractivity contribution in [1.29, 1.82) is 0 Å². The van der Waals surface area contributed by atoms with Crippen molar-refractivity contribution >= 4 is 11.6 Å². The molecule has 1 unspecified atom stereocenters. The van der Waals surface area contributed by atoms with Crippen molar-refractivity contribution in [2.75, 3.05) is 30.9 Å². The van der Waals surface area contributed by atoms with Crippen LogP contribution in [0.3, 0.4) is 0 Å². The molecule has 8 heteroatoms.